The fourth-order valence-corrected chi connectivity index (χ4v) is 2.06. The Balaban J connectivity index is 2.40. The van der Waals surface area contributed by atoms with Gasteiger partial charge in [0.15, 0.2) is 0 Å². The Bertz CT molecular complexity index is 324. The molecule has 0 saturated carbocycles. The lowest BCUT2D eigenvalue weighted by Crippen LogP contribution is -2.22. The molecule has 0 fully saturated rings. The second-order valence-electron chi connectivity index (χ2n) is 4.75. The van der Waals surface area contributed by atoms with Gasteiger partial charge >= 0.3 is 0 Å². The van der Waals surface area contributed by atoms with Crippen LogP contribution in [-0.2, 0) is 15.9 Å². The fraction of sp³-hybridized carbons (Fsp3) is 0.625. The molecule has 0 radical (unpaired) electrons. The van der Waals surface area contributed by atoms with Gasteiger partial charge in [0.1, 0.15) is 0 Å². The Kier molecular flexibility index (Phi) is 8.47. The number of ether oxygens (including phenoxy) is 2. The van der Waals surface area contributed by atoms with Gasteiger partial charge in [0.2, 0.25) is 0 Å². The van der Waals surface area contributed by atoms with Gasteiger partial charge in [-0.1, -0.05) is 37.6 Å². The molecule has 0 bridgehead atoms. The lowest BCUT2D eigenvalue weighted by molar-refractivity contribution is 0.0889. The van der Waals surface area contributed by atoms with Crippen LogP contribution in [0.25, 0.3) is 0 Å². The van der Waals surface area contributed by atoms with E-state index in [4.69, 9.17) is 9.47 Å². The van der Waals surface area contributed by atoms with E-state index in [-0.39, 0.29) is 6.04 Å². The Morgan fingerprint density at radius 1 is 1.16 bits per heavy atom. The van der Waals surface area contributed by atoms with E-state index < -0.39 is 0 Å². The summed E-state index contributed by atoms with van der Waals surface area (Å²) < 4.78 is 10.7. The minimum absolute atomic E-state index is 0.262. The van der Waals surface area contributed by atoms with Crippen LogP contribution in [-0.4, -0.2) is 34.0 Å². The molecule has 0 aromatic heterocycles. The van der Waals surface area contributed by atoms with Crippen molar-refractivity contribution in [3.8, 4) is 0 Å². The maximum absolute atomic E-state index is 5.68. The molecule has 3 heteroatoms. The highest BCUT2D eigenvalue weighted by Gasteiger charge is 2.08. The second-order valence-corrected chi connectivity index (χ2v) is 4.75. The molecule has 19 heavy (non-hydrogen) atoms. The number of hydrogen-bond acceptors (Lipinski definition) is 3. The third kappa shape index (κ3) is 6.19. The van der Waals surface area contributed by atoms with Gasteiger partial charge in [0.25, 0.3) is 0 Å². The van der Waals surface area contributed by atoms with Crippen molar-refractivity contribution in [3.05, 3.63) is 35.4 Å². The van der Waals surface area contributed by atoms with Gasteiger partial charge in [0.05, 0.1) is 12.6 Å². The zero-order valence-corrected chi connectivity index (χ0v) is 12.4. The van der Waals surface area contributed by atoms with Gasteiger partial charge in [-0.3, -0.25) is 0 Å². The largest absolute Gasteiger partial charge is 0.385 e. The monoisotopic (exact) mass is 265 g/mol. The van der Waals surface area contributed by atoms with Crippen LogP contribution >= 0.6 is 0 Å². The van der Waals surface area contributed by atoms with Crippen molar-refractivity contribution < 1.29 is 9.47 Å². The maximum Gasteiger partial charge on any atom is 0.0661 e. The number of aryl methyl sites for hydroxylation is 1. The first-order chi connectivity index (χ1) is 9.31. The Hall–Kier alpha value is -0.900. The Morgan fingerprint density at radius 2 is 1.89 bits per heavy atom. The first-order valence-electron chi connectivity index (χ1n) is 7.14. The highest BCUT2D eigenvalue weighted by atomic mass is 16.5. The van der Waals surface area contributed by atoms with Crippen molar-refractivity contribution in [2.45, 2.75) is 32.2 Å². The average molecular weight is 265 g/mol. The Morgan fingerprint density at radius 3 is 2.47 bits per heavy atom. The maximum atomic E-state index is 5.68. The fourth-order valence-electron chi connectivity index (χ4n) is 2.06. The summed E-state index contributed by atoms with van der Waals surface area (Å²) in [7, 11) is 3.69. The lowest BCUT2D eigenvalue weighted by Gasteiger charge is -2.17. The molecular weight excluding hydrogens is 238 g/mol. The zero-order chi connectivity index (χ0) is 13.9. The van der Waals surface area contributed by atoms with Crippen LogP contribution in [0.1, 0.15) is 36.9 Å². The number of nitrogens with one attached hydrogen (secondary N) is 1. The quantitative estimate of drug-likeness (QED) is 0.660. The predicted molar refractivity (Wildman–Crippen MR) is 79.5 cm³/mol. The molecule has 1 unspecified atom stereocenters. The molecule has 0 aliphatic rings. The van der Waals surface area contributed by atoms with Crippen LogP contribution in [0.2, 0.25) is 0 Å². The number of rotatable bonds is 10. The molecule has 0 amide bonds. The number of benzene rings is 1. The summed E-state index contributed by atoms with van der Waals surface area (Å²) in [5.74, 6) is 0. The molecule has 1 atom stereocenters. The molecule has 1 aromatic carbocycles. The van der Waals surface area contributed by atoms with Gasteiger partial charge < -0.3 is 14.8 Å². The van der Waals surface area contributed by atoms with Crippen molar-refractivity contribution in [1.82, 2.24) is 5.32 Å². The summed E-state index contributed by atoms with van der Waals surface area (Å²) in [6, 6.07) is 9.09. The van der Waals surface area contributed by atoms with Crippen molar-refractivity contribution in [3.63, 3.8) is 0 Å². The predicted octanol–water partition coefficient (Wildman–Crippen LogP) is 2.95. The second kappa shape index (κ2) is 9.96. The molecule has 0 aliphatic carbocycles. The third-order valence-corrected chi connectivity index (χ3v) is 3.19. The molecular formula is C16H27NO2. The summed E-state index contributed by atoms with van der Waals surface area (Å²) in [6.07, 6.45) is 3.29. The van der Waals surface area contributed by atoms with E-state index in [2.05, 4.69) is 36.5 Å². The van der Waals surface area contributed by atoms with Crippen molar-refractivity contribution in [2.24, 2.45) is 0 Å². The van der Waals surface area contributed by atoms with Crippen LogP contribution in [0.3, 0.4) is 0 Å². The van der Waals surface area contributed by atoms with E-state index in [1.807, 2.05) is 7.05 Å². The van der Waals surface area contributed by atoms with Gasteiger partial charge in [0, 0.05) is 20.3 Å². The first-order valence-corrected chi connectivity index (χ1v) is 7.14. The molecule has 3 nitrogen and oxygen atoms in total. The highest BCUT2D eigenvalue weighted by Crippen LogP contribution is 2.15. The molecule has 1 N–H and O–H groups in total. The summed E-state index contributed by atoms with van der Waals surface area (Å²) >= 11 is 0. The lowest BCUT2D eigenvalue weighted by atomic mass is 10.0. The summed E-state index contributed by atoms with van der Waals surface area (Å²) in [6.45, 7) is 4.42. The topological polar surface area (TPSA) is 30.5 Å². The van der Waals surface area contributed by atoms with Gasteiger partial charge in [-0.2, -0.15) is 0 Å². The number of likely N-dealkylation sites (N-methyl/N-ethyl adjacent to an activating group) is 1. The minimum Gasteiger partial charge on any atom is -0.385 e. The van der Waals surface area contributed by atoms with Crippen LogP contribution in [0.4, 0.5) is 0 Å². The standard InChI is InChI=1S/C16H27NO2/c1-4-6-14-7-9-15(10-8-14)16(17-2)13-19-12-5-11-18-3/h7-10,16-17H,4-6,11-13H2,1-3H3. The Labute approximate surface area is 117 Å². The summed E-state index contributed by atoms with van der Waals surface area (Å²) in [5, 5.41) is 3.30. The van der Waals surface area contributed by atoms with E-state index >= 15 is 0 Å². The van der Waals surface area contributed by atoms with Crippen molar-refractivity contribution >= 4 is 0 Å². The molecule has 0 saturated heterocycles. The number of hydrogen-bond donors (Lipinski definition) is 1. The smallest absolute Gasteiger partial charge is 0.0661 e. The van der Waals surface area contributed by atoms with Gasteiger partial charge in [-0.05, 0) is 31.0 Å². The average Bonchev–Trinajstić information content (AvgIpc) is 2.44. The van der Waals surface area contributed by atoms with Crippen molar-refractivity contribution in [2.75, 3.05) is 34.0 Å². The van der Waals surface area contributed by atoms with Gasteiger partial charge in [-0.15, -0.1) is 0 Å². The molecule has 0 spiro atoms. The number of methoxy groups -OCH3 is 1. The van der Waals surface area contributed by atoms with Gasteiger partial charge in [-0.25, -0.2) is 0 Å². The van der Waals surface area contributed by atoms with Crippen LogP contribution in [0, 0.1) is 0 Å². The van der Waals surface area contributed by atoms with Crippen molar-refractivity contribution in [1.29, 1.82) is 0 Å². The third-order valence-electron chi connectivity index (χ3n) is 3.19. The first kappa shape index (κ1) is 16.2. The SMILES string of the molecule is CCCc1ccc(C(COCCCOC)NC)cc1. The summed E-state index contributed by atoms with van der Waals surface area (Å²) in [5.41, 5.74) is 2.69. The zero-order valence-electron chi connectivity index (χ0n) is 12.4. The highest BCUT2D eigenvalue weighted by molar-refractivity contribution is 5.25. The molecule has 1 rings (SSSR count). The molecule has 0 heterocycles. The van der Waals surface area contributed by atoms with Crippen LogP contribution < -0.4 is 5.32 Å². The van der Waals surface area contributed by atoms with Crippen LogP contribution in [0.15, 0.2) is 24.3 Å². The van der Waals surface area contributed by atoms with E-state index in [0.29, 0.717) is 6.61 Å². The van der Waals surface area contributed by atoms with E-state index in [0.717, 1.165) is 26.1 Å². The molecule has 1 aromatic rings. The molecule has 0 aliphatic heterocycles. The van der Waals surface area contributed by atoms with E-state index in [1.165, 1.54) is 17.5 Å². The normalized spacial score (nSPS) is 12.6. The van der Waals surface area contributed by atoms with E-state index in [9.17, 15) is 0 Å². The van der Waals surface area contributed by atoms with E-state index in [1.54, 1.807) is 7.11 Å². The van der Waals surface area contributed by atoms with Crippen LogP contribution in [0.5, 0.6) is 0 Å². The summed E-state index contributed by atoms with van der Waals surface area (Å²) in [4.78, 5) is 0. The molecule has 108 valence electrons. The minimum atomic E-state index is 0.262.